The molecule has 10 heteroatoms. The van der Waals surface area contributed by atoms with Gasteiger partial charge in [0.2, 0.25) is 15.9 Å². The normalized spacial score (nSPS) is 15.9. The molecule has 0 bridgehead atoms. The lowest BCUT2D eigenvalue weighted by Crippen LogP contribution is -2.41. The monoisotopic (exact) mass is 460 g/mol. The number of carbonyl (C=O) groups excluding carboxylic acids is 1. The van der Waals surface area contributed by atoms with Gasteiger partial charge in [-0.15, -0.1) is 0 Å². The summed E-state index contributed by atoms with van der Waals surface area (Å²) in [6.45, 7) is 3.15. The molecule has 8 nitrogen and oxygen atoms in total. The highest BCUT2D eigenvalue weighted by Crippen LogP contribution is 2.28. The molecule has 0 atom stereocenters. The van der Waals surface area contributed by atoms with E-state index in [1.165, 1.54) is 4.31 Å². The summed E-state index contributed by atoms with van der Waals surface area (Å²) in [5, 5.41) is 2.79. The predicted molar refractivity (Wildman–Crippen MR) is 121 cm³/mol. The first-order chi connectivity index (χ1) is 14.9. The van der Waals surface area contributed by atoms with Gasteiger partial charge in [-0.2, -0.15) is 4.31 Å². The second kappa shape index (κ2) is 8.89. The van der Waals surface area contributed by atoms with E-state index in [4.69, 9.17) is 0 Å². The van der Waals surface area contributed by atoms with Crippen LogP contribution in [0.25, 0.3) is 10.2 Å². The summed E-state index contributed by atoms with van der Waals surface area (Å²) in [5.74, 6) is 0.0910. The number of sulfonamides is 1. The number of carbonyl (C=O) groups is 1. The maximum Gasteiger partial charge on any atom is 0.308 e. The maximum atomic E-state index is 13.2. The minimum atomic E-state index is -3.69. The topological polar surface area (TPSA) is 101 Å². The highest BCUT2D eigenvalue weighted by atomic mass is 32.2. The molecule has 2 aromatic heterocycles. The van der Waals surface area contributed by atoms with Crippen molar-refractivity contribution in [2.45, 2.75) is 37.6 Å². The average molecular weight is 461 g/mol. The van der Waals surface area contributed by atoms with Crippen LogP contribution in [0, 0.1) is 5.92 Å². The number of nitrogens with zero attached hydrogens (tertiary/aromatic N) is 3. The summed E-state index contributed by atoms with van der Waals surface area (Å²) in [5.41, 5.74) is 0.765. The summed E-state index contributed by atoms with van der Waals surface area (Å²) in [6.07, 6.45) is 3.32. The number of nitrogens with one attached hydrogen (secondary N) is 1. The quantitative estimate of drug-likeness (QED) is 0.610. The predicted octanol–water partition coefficient (Wildman–Crippen LogP) is 2.91. The van der Waals surface area contributed by atoms with Gasteiger partial charge >= 0.3 is 4.87 Å². The van der Waals surface area contributed by atoms with Gasteiger partial charge in [-0.25, -0.2) is 13.4 Å². The Balaban J connectivity index is 1.46. The summed E-state index contributed by atoms with van der Waals surface area (Å²) in [4.78, 5) is 28.9. The molecule has 3 heterocycles. The molecule has 1 aromatic carbocycles. The van der Waals surface area contributed by atoms with Crippen molar-refractivity contribution in [2.75, 3.05) is 18.4 Å². The second-order valence-electron chi connectivity index (χ2n) is 7.53. The number of fused-ring (bicyclic) bond motifs is 1. The van der Waals surface area contributed by atoms with Gasteiger partial charge in [0.15, 0.2) is 0 Å². The van der Waals surface area contributed by atoms with Crippen molar-refractivity contribution in [2.24, 2.45) is 5.92 Å². The Morgan fingerprint density at radius 2 is 2.00 bits per heavy atom. The smallest absolute Gasteiger partial charge is 0.308 e. The summed E-state index contributed by atoms with van der Waals surface area (Å²) in [6, 6.07) is 10.1. The SMILES string of the molecule is CCCn1c(=O)sc2cc(S(=O)(=O)N3CCC(C(=O)Nc4ccccn4)CC3)ccc21. The van der Waals surface area contributed by atoms with Gasteiger partial charge in [0.05, 0.1) is 15.1 Å². The Bertz CT molecular complexity index is 1240. The Kier molecular flexibility index (Phi) is 6.22. The van der Waals surface area contributed by atoms with Crippen molar-refractivity contribution in [3.05, 3.63) is 52.3 Å². The third kappa shape index (κ3) is 4.41. The number of rotatable bonds is 6. The van der Waals surface area contributed by atoms with Crippen LogP contribution in [0.5, 0.6) is 0 Å². The second-order valence-corrected chi connectivity index (χ2v) is 10.5. The molecule has 31 heavy (non-hydrogen) atoms. The number of aryl methyl sites for hydroxylation is 1. The van der Waals surface area contributed by atoms with E-state index in [1.54, 1.807) is 47.2 Å². The standard InChI is InChI=1S/C21H24N4O4S2/c1-2-11-25-17-7-6-16(14-18(17)30-21(25)27)31(28,29)24-12-8-15(9-13-24)20(26)23-19-5-3-4-10-22-19/h3-7,10,14-15H,2,8-9,11-13H2,1H3,(H,22,23,26). The molecule has 1 amide bonds. The number of piperidine rings is 1. The molecule has 1 aliphatic heterocycles. The van der Waals surface area contributed by atoms with Crippen LogP contribution in [0.4, 0.5) is 5.82 Å². The Morgan fingerprint density at radius 3 is 2.68 bits per heavy atom. The first kappa shape index (κ1) is 21.7. The highest BCUT2D eigenvalue weighted by Gasteiger charge is 2.32. The van der Waals surface area contributed by atoms with Gasteiger partial charge in [-0.05, 0) is 49.6 Å². The van der Waals surface area contributed by atoms with E-state index in [0.717, 1.165) is 23.3 Å². The highest BCUT2D eigenvalue weighted by molar-refractivity contribution is 7.89. The molecule has 1 saturated heterocycles. The summed E-state index contributed by atoms with van der Waals surface area (Å²) < 4.78 is 30.1. The van der Waals surface area contributed by atoms with Crippen LogP contribution in [0.1, 0.15) is 26.2 Å². The molecule has 0 aliphatic carbocycles. The molecular weight excluding hydrogens is 436 g/mol. The molecule has 0 unspecified atom stereocenters. The number of thiazole rings is 1. The Labute approximate surface area is 184 Å². The number of pyridine rings is 1. The van der Waals surface area contributed by atoms with E-state index >= 15 is 0 Å². The summed E-state index contributed by atoms with van der Waals surface area (Å²) >= 11 is 1.07. The first-order valence-corrected chi connectivity index (χ1v) is 12.5. The number of anilines is 1. The van der Waals surface area contributed by atoms with E-state index in [2.05, 4.69) is 10.3 Å². The minimum absolute atomic E-state index is 0.0777. The number of hydrogen-bond donors (Lipinski definition) is 1. The van der Waals surface area contributed by atoms with E-state index < -0.39 is 10.0 Å². The fourth-order valence-corrected chi connectivity index (χ4v) is 6.34. The minimum Gasteiger partial charge on any atom is -0.310 e. The molecule has 4 rings (SSSR count). The van der Waals surface area contributed by atoms with Crippen LogP contribution in [0.15, 0.2) is 52.3 Å². The third-order valence-corrected chi connectivity index (χ3v) is 8.30. The van der Waals surface area contributed by atoms with Crippen molar-refractivity contribution in [3.8, 4) is 0 Å². The van der Waals surface area contributed by atoms with E-state index in [9.17, 15) is 18.0 Å². The zero-order valence-electron chi connectivity index (χ0n) is 17.2. The largest absolute Gasteiger partial charge is 0.310 e. The molecule has 164 valence electrons. The van der Waals surface area contributed by atoms with Gasteiger partial charge in [0.1, 0.15) is 5.82 Å². The molecule has 1 aliphatic rings. The van der Waals surface area contributed by atoms with Gasteiger partial charge in [0.25, 0.3) is 0 Å². The lowest BCUT2D eigenvalue weighted by molar-refractivity contribution is -0.120. The molecule has 3 aromatic rings. The molecule has 0 spiro atoms. The third-order valence-electron chi connectivity index (χ3n) is 5.47. The average Bonchev–Trinajstić information content (AvgIpc) is 3.09. The lowest BCUT2D eigenvalue weighted by Gasteiger charge is -2.30. The van der Waals surface area contributed by atoms with Crippen LogP contribution < -0.4 is 10.2 Å². The van der Waals surface area contributed by atoms with Crippen molar-refractivity contribution in [1.82, 2.24) is 13.9 Å². The Morgan fingerprint density at radius 1 is 1.23 bits per heavy atom. The van der Waals surface area contributed by atoms with Crippen LogP contribution in [-0.4, -0.2) is 41.3 Å². The molecule has 0 saturated carbocycles. The fraction of sp³-hybridized carbons (Fsp3) is 0.381. The van der Waals surface area contributed by atoms with E-state index in [-0.39, 0.29) is 34.7 Å². The first-order valence-electron chi connectivity index (χ1n) is 10.3. The maximum absolute atomic E-state index is 13.2. The zero-order chi connectivity index (χ0) is 22.0. The van der Waals surface area contributed by atoms with Crippen molar-refractivity contribution >= 4 is 43.3 Å². The van der Waals surface area contributed by atoms with Crippen molar-refractivity contribution in [3.63, 3.8) is 0 Å². The van der Waals surface area contributed by atoms with Crippen molar-refractivity contribution in [1.29, 1.82) is 0 Å². The number of benzene rings is 1. The number of hydrogen-bond acceptors (Lipinski definition) is 6. The fourth-order valence-electron chi connectivity index (χ4n) is 3.81. The lowest BCUT2D eigenvalue weighted by atomic mass is 9.97. The van der Waals surface area contributed by atoms with Crippen LogP contribution in [-0.2, 0) is 21.4 Å². The van der Waals surface area contributed by atoms with Gasteiger partial charge in [-0.1, -0.05) is 24.3 Å². The van der Waals surface area contributed by atoms with Crippen LogP contribution in [0.2, 0.25) is 0 Å². The number of aromatic nitrogens is 2. The van der Waals surface area contributed by atoms with E-state index in [1.807, 2.05) is 6.92 Å². The Hall–Kier alpha value is -2.56. The molecule has 1 fully saturated rings. The van der Waals surface area contributed by atoms with Crippen LogP contribution in [0.3, 0.4) is 0 Å². The van der Waals surface area contributed by atoms with Gasteiger partial charge < -0.3 is 5.32 Å². The van der Waals surface area contributed by atoms with E-state index in [0.29, 0.717) is 29.9 Å². The molecular formula is C21H24N4O4S2. The van der Waals surface area contributed by atoms with Gasteiger partial charge in [0, 0.05) is 31.7 Å². The zero-order valence-corrected chi connectivity index (χ0v) is 18.8. The summed E-state index contributed by atoms with van der Waals surface area (Å²) in [7, 11) is -3.69. The number of amides is 1. The molecule has 1 N–H and O–H groups in total. The van der Waals surface area contributed by atoms with Gasteiger partial charge in [-0.3, -0.25) is 14.2 Å². The van der Waals surface area contributed by atoms with Crippen LogP contribution >= 0.6 is 11.3 Å². The molecule has 0 radical (unpaired) electrons. The van der Waals surface area contributed by atoms with Crippen molar-refractivity contribution < 1.29 is 13.2 Å².